The Balaban J connectivity index is 2.33. The molecule has 5 nitrogen and oxygen atoms in total. The van der Waals surface area contributed by atoms with Crippen LogP contribution in [0.2, 0.25) is 5.02 Å². The van der Waals surface area contributed by atoms with Crippen molar-refractivity contribution in [3.63, 3.8) is 0 Å². The van der Waals surface area contributed by atoms with E-state index in [1.807, 2.05) is 19.1 Å². The number of carbonyl (C=O) groups is 1. The summed E-state index contributed by atoms with van der Waals surface area (Å²) in [5.41, 5.74) is 1.95. The first-order valence-corrected chi connectivity index (χ1v) is 9.49. The number of hydrogen-bond acceptors (Lipinski definition) is 3. The second-order valence-corrected chi connectivity index (χ2v) is 8.20. The van der Waals surface area contributed by atoms with Crippen molar-refractivity contribution in [1.29, 1.82) is 0 Å². The Labute approximate surface area is 153 Å². The van der Waals surface area contributed by atoms with E-state index < -0.39 is 15.9 Å². The molecule has 2 aromatic carbocycles. The summed E-state index contributed by atoms with van der Waals surface area (Å²) in [6.07, 6.45) is 0. The van der Waals surface area contributed by atoms with Crippen molar-refractivity contribution in [1.82, 2.24) is 4.72 Å². The van der Waals surface area contributed by atoms with Gasteiger partial charge in [-0.25, -0.2) is 13.1 Å². The number of halogens is 2. The molecule has 122 valence electrons. The molecule has 0 radical (unpaired) electrons. The maximum Gasteiger partial charge on any atom is 0.255 e. The maximum atomic E-state index is 12.3. The zero-order valence-electron chi connectivity index (χ0n) is 12.4. The Hall–Kier alpha value is -1.16. The van der Waals surface area contributed by atoms with E-state index in [-0.39, 0.29) is 15.5 Å². The van der Waals surface area contributed by atoms with Crippen molar-refractivity contribution >= 4 is 55.8 Å². The summed E-state index contributed by atoms with van der Waals surface area (Å²) in [5.74, 6) is -0.408. The predicted molar refractivity (Wildman–Crippen MR) is 99.5 cm³/mol. The van der Waals surface area contributed by atoms with E-state index in [9.17, 15) is 13.2 Å². The second kappa shape index (κ2) is 7.16. The van der Waals surface area contributed by atoms with Gasteiger partial charge < -0.3 is 5.32 Å². The lowest BCUT2D eigenvalue weighted by atomic mass is 10.2. The van der Waals surface area contributed by atoms with Gasteiger partial charge in [0.25, 0.3) is 5.91 Å². The van der Waals surface area contributed by atoms with Gasteiger partial charge in [-0.15, -0.1) is 0 Å². The number of aryl methyl sites for hydroxylation is 1. The molecule has 1 amide bonds. The lowest BCUT2D eigenvalue weighted by Gasteiger charge is -2.10. The summed E-state index contributed by atoms with van der Waals surface area (Å²) < 4.78 is 27.0. The molecule has 0 saturated carbocycles. The average Bonchev–Trinajstić information content (AvgIpc) is 2.51. The average molecular weight is 465 g/mol. The molecule has 23 heavy (non-hydrogen) atoms. The first-order chi connectivity index (χ1) is 10.7. The van der Waals surface area contributed by atoms with Gasteiger partial charge in [0.15, 0.2) is 0 Å². The highest BCUT2D eigenvalue weighted by molar-refractivity contribution is 14.1. The van der Waals surface area contributed by atoms with Crippen LogP contribution in [0.3, 0.4) is 0 Å². The molecule has 0 atom stereocenters. The van der Waals surface area contributed by atoms with Crippen LogP contribution in [0, 0.1) is 10.5 Å². The smallest absolute Gasteiger partial charge is 0.255 e. The zero-order chi connectivity index (χ0) is 17.2. The van der Waals surface area contributed by atoms with Gasteiger partial charge in [0.05, 0.1) is 5.02 Å². The molecule has 0 aromatic heterocycles. The monoisotopic (exact) mass is 464 g/mol. The molecule has 2 N–H and O–H groups in total. The third-order valence-electron chi connectivity index (χ3n) is 3.18. The van der Waals surface area contributed by atoms with Crippen LogP contribution < -0.4 is 10.0 Å². The van der Waals surface area contributed by atoms with E-state index in [2.05, 4.69) is 32.6 Å². The molecule has 2 rings (SSSR count). The lowest BCUT2D eigenvalue weighted by molar-refractivity contribution is 0.102. The molecular weight excluding hydrogens is 451 g/mol. The number of sulfonamides is 1. The Bertz CT molecular complexity index is 869. The van der Waals surface area contributed by atoms with E-state index in [4.69, 9.17) is 11.6 Å². The molecule has 0 bridgehead atoms. The maximum absolute atomic E-state index is 12.3. The Morgan fingerprint density at radius 1 is 1.17 bits per heavy atom. The zero-order valence-corrected chi connectivity index (χ0v) is 16.1. The van der Waals surface area contributed by atoms with Crippen molar-refractivity contribution in [2.24, 2.45) is 0 Å². The number of carbonyl (C=O) groups excluding carboxylic acids is 1. The minimum absolute atomic E-state index is 0.0563. The van der Waals surface area contributed by atoms with Crippen molar-refractivity contribution in [2.45, 2.75) is 11.8 Å². The molecule has 2 aromatic rings. The van der Waals surface area contributed by atoms with Gasteiger partial charge in [-0.1, -0.05) is 17.7 Å². The summed E-state index contributed by atoms with van der Waals surface area (Å²) in [7, 11) is -2.45. The van der Waals surface area contributed by atoms with Crippen LogP contribution >= 0.6 is 34.2 Å². The van der Waals surface area contributed by atoms with Gasteiger partial charge in [-0.05, 0) is 72.5 Å². The van der Waals surface area contributed by atoms with Crippen LogP contribution in [0.1, 0.15) is 15.9 Å². The van der Waals surface area contributed by atoms with Crippen molar-refractivity contribution < 1.29 is 13.2 Å². The van der Waals surface area contributed by atoms with Gasteiger partial charge in [0, 0.05) is 14.8 Å². The number of nitrogens with one attached hydrogen (secondary N) is 2. The van der Waals surface area contributed by atoms with Crippen LogP contribution in [0.15, 0.2) is 41.3 Å². The van der Waals surface area contributed by atoms with E-state index >= 15 is 0 Å². The number of benzene rings is 2. The fourth-order valence-corrected chi connectivity index (χ4v) is 3.60. The number of anilines is 1. The molecule has 0 aliphatic carbocycles. The highest BCUT2D eigenvalue weighted by atomic mass is 127. The second-order valence-electron chi connectivity index (χ2n) is 4.77. The fourth-order valence-electron chi connectivity index (χ4n) is 1.83. The van der Waals surface area contributed by atoms with Crippen molar-refractivity contribution in [2.75, 3.05) is 12.4 Å². The van der Waals surface area contributed by atoms with E-state index in [0.29, 0.717) is 5.69 Å². The molecule has 0 heterocycles. The van der Waals surface area contributed by atoms with Gasteiger partial charge in [-0.2, -0.15) is 0 Å². The number of rotatable bonds is 4. The third-order valence-corrected chi connectivity index (χ3v) is 6.24. The Morgan fingerprint density at radius 3 is 2.48 bits per heavy atom. The van der Waals surface area contributed by atoms with Gasteiger partial charge in [0.2, 0.25) is 10.0 Å². The molecule has 0 unspecified atom stereocenters. The van der Waals surface area contributed by atoms with Crippen LogP contribution in [-0.4, -0.2) is 21.4 Å². The third kappa shape index (κ3) is 4.23. The molecule has 8 heteroatoms. The topological polar surface area (TPSA) is 75.3 Å². The summed E-state index contributed by atoms with van der Waals surface area (Å²) in [5, 5.41) is 2.80. The van der Waals surface area contributed by atoms with Gasteiger partial charge in [-0.3, -0.25) is 4.79 Å². The van der Waals surface area contributed by atoms with Gasteiger partial charge in [0.1, 0.15) is 4.90 Å². The predicted octanol–water partition coefficient (Wildman–Crippen LogP) is 3.41. The lowest BCUT2D eigenvalue weighted by Crippen LogP contribution is -2.20. The quantitative estimate of drug-likeness (QED) is 0.681. The van der Waals surface area contributed by atoms with Crippen LogP contribution in [0.25, 0.3) is 0 Å². The number of hydrogen-bond donors (Lipinski definition) is 2. The van der Waals surface area contributed by atoms with Crippen LogP contribution in [-0.2, 0) is 10.0 Å². The number of amides is 1. The Morgan fingerprint density at radius 2 is 1.87 bits per heavy atom. The van der Waals surface area contributed by atoms with E-state index in [1.165, 1.54) is 25.2 Å². The van der Waals surface area contributed by atoms with E-state index in [0.717, 1.165) is 9.13 Å². The summed E-state index contributed by atoms with van der Waals surface area (Å²) in [4.78, 5) is 12.2. The highest BCUT2D eigenvalue weighted by Crippen LogP contribution is 2.23. The first kappa shape index (κ1) is 18.2. The van der Waals surface area contributed by atoms with Crippen molar-refractivity contribution in [3.8, 4) is 0 Å². The minimum Gasteiger partial charge on any atom is -0.322 e. The SMILES string of the molecule is CNS(=O)(=O)c1cc(C(=O)Nc2ccc(C)c(I)c2)ccc1Cl. The van der Waals surface area contributed by atoms with Crippen LogP contribution in [0.4, 0.5) is 5.69 Å². The van der Waals surface area contributed by atoms with Crippen LogP contribution in [0.5, 0.6) is 0 Å². The molecule has 0 spiro atoms. The van der Waals surface area contributed by atoms with Gasteiger partial charge >= 0.3 is 0 Å². The largest absolute Gasteiger partial charge is 0.322 e. The van der Waals surface area contributed by atoms with E-state index in [1.54, 1.807) is 6.07 Å². The normalized spacial score (nSPS) is 11.3. The summed E-state index contributed by atoms with van der Waals surface area (Å²) in [6.45, 7) is 1.97. The first-order valence-electron chi connectivity index (χ1n) is 6.55. The molecule has 0 fully saturated rings. The standard InChI is InChI=1S/C15H14ClIN2O3S/c1-9-3-5-11(8-13(9)17)19-15(20)10-4-6-12(16)14(7-10)23(21,22)18-2/h3-8,18H,1-2H3,(H,19,20). The summed E-state index contributed by atoms with van der Waals surface area (Å²) in [6, 6.07) is 9.65. The summed E-state index contributed by atoms with van der Waals surface area (Å²) >= 11 is 8.09. The molecule has 0 aliphatic heterocycles. The molecule has 0 saturated heterocycles. The Kier molecular flexibility index (Phi) is 5.66. The minimum atomic E-state index is -3.73. The fraction of sp³-hybridized carbons (Fsp3) is 0.133. The molecule has 0 aliphatic rings. The molecular formula is C15H14ClIN2O3S. The van der Waals surface area contributed by atoms with Crippen molar-refractivity contribution in [3.05, 3.63) is 56.1 Å². The highest BCUT2D eigenvalue weighted by Gasteiger charge is 2.18.